The zero-order valence-corrected chi connectivity index (χ0v) is 10.2. The van der Waals surface area contributed by atoms with Crippen LogP contribution in [0.1, 0.15) is 18.9 Å². The molecule has 0 unspecified atom stereocenters. The smallest absolute Gasteiger partial charge is 0.265 e. The van der Waals surface area contributed by atoms with Crippen molar-refractivity contribution in [1.82, 2.24) is 14.8 Å². The van der Waals surface area contributed by atoms with E-state index in [0.29, 0.717) is 5.52 Å². The molecule has 1 aliphatic rings. The second-order valence-electron chi connectivity index (χ2n) is 4.18. The molecule has 2 aromatic heterocycles. The average molecular weight is 247 g/mol. The molecule has 88 valence electrons. The molecule has 1 fully saturated rings. The Kier molecular flexibility index (Phi) is 2.84. The second-order valence-corrected chi connectivity index (χ2v) is 5.40. The van der Waals surface area contributed by atoms with Crippen LogP contribution < -0.4 is 5.56 Å². The van der Waals surface area contributed by atoms with Crippen LogP contribution in [0.2, 0.25) is 0 Å². The Morgan fingerprint density at radius 2 is 2.18 bits per heavy atom. The van der Waals surface area contributed by atoms with Gasteiger partial charge in [0, 0.05) is 11.6 Å². The molecule has 0 aromatic carbocycles. The first-order valence-electron chi connectivity index (χ1n) is 5.76. The summed E-state index contributed by atoms with van der Waals surface area (Å²) in [6, 6.07) is 3.94. The van der Waals surface area contributed by atoms with Crippen molar-refractivity contribution in [3.05, 3.63) is 34.9 Å². The van der Waals surface area contributed by atoms with E-state index in [1.54, 1.807) is 17.1 Å². The van der Waals surface area contributed by atoms with E-state index in [0.717, 1.165) is 29.7 Å². The van der Waals surface area contributed by atoms with Crippen molar-refractivity contribution in [2.75, 3.05) is 11.5 Å². The van der Waals surface area contributed by atoms with Gasteiger partial charge >= 0.3 is 0 Å². The third-order valence-electron chi connectivity index (χ3n) is 3.11. The molecule has 0 saturated carbocycles. The predicted molar refractivity (Wildman–Crippen MR) is 69.4 cm³/mol. The normalized spacial score (nSPS) is 17.4. The maximum absolute atomic E-state index is 12.3. The Morgan fingerprint density at radius 1 is 1.35 bits per heavy atom. The van der Waals surface area contributed by atoms with Gasteiger partial charge in [0.1, 0.15) is 5.52 Å². The van der Waals surface area contributed by atoms with Crippen molar-refractivity contribution < 1.29 is 0 Å². The summed E-state index contributed by atoms with van der Waals surface area (Å²) in [5, 5.41) is 5.10. The zero-order valence-electron chi connectivity index (χ0n) is 9.37. The largest absolute Gasteiger partial charge is 0.293 e. The quantitative estimate of drug-likeness (QED) is 0.771. The van der Waals surface area contributed by atoms with Crippen LogP contribution in [-0.4, -0.2) is 26.3 Å². The third-order valence-corrected chi connectivity index (χ3v) is 4.16. The molecule has 3 rings (SSSR count). The molecule has 0 bridgehead atoms. The van der Waals surface area contributed by atoms with Crippen LogP contribution in [0.4, 0.5) is 0 Å². The van der Waals surface area contributed by atoms with E-state index >= 15 is 0 Å². The van der Waals surface area contributed by atoms with E-state index in [4.69, 9.17) is 0 Å². The first-order chi connectivity index (χ1) is 8.36. The first kappa shape index (κ1) is 10.8. The van der Waals surface area contributed by atoms with Gasteiger partial charge in [-0.1, -0.05) is 0 Å². The van der Waals surface area contributed by atoms with Gasteiger partial charge in [0.15, 0.2) is 0 Å². The average Bonchev–Trinajstić information content (AvgIpc) is 2.40. The highest BCUT2D eigenvalue weighted by molar-refractivity contribution is 7.99. The minimum absolute atomic E-state index is 0.0556. The van der Waals surface area contributed by atoms with Crippen LogP contribution in [0.3, 0.4) is 0 Å². The molecule has 5 heteroatoms. The molecule has 0 spiro atoms. The van der Waals surface area contributed by atoms with Gasteiger partial charge in [-0.15, -0.1) is 0 Å². The Hall–Kier alpha value is -1.36. The lowest BCUT2D eigenvalue weighted by Gasteiger charge is -2.22. The maximum Gasteiger partial charge on any atom is 0.293 e. The Bertz CT molecular complexity index is 590. The molecule has 2 aromatic rings. The van der Waals surface area contributed by atoms with E-state index in [-0.39, 0.29) is 11.6 Å². The van der Waals surface area contributed by atoms with E-state index in [1.165, 1.54) is 0 Å². The summed E-state index contributed by atoms with van der Waals surface area (Å²) in [5.41, 5.74) is 0.473. The molecule has 0 radical (unpaired) electrons. The van der Waals surface area contributed by atoms with E-state index < -0.39 is 0 Å². The molecule has 17 heavy (non-hydrogen) atoms. The number of hydrogen-bond acceptors (Lipinski definition) is 4. The molecule has 0 amide bonds. The van der Waals surface area contributed by atoms with Crippen molar-refractivity contribution in [3.8, 4) is 0 Å². The zero-order chi connectivity index (χ0) is 11.7. The number of pyridine rings is 1. The minimum atomic E-state index is -0.0556. The molecule has 0 aliphatic carbocycles. The van der Waals surface area contributed by atoms with Crippen molar-refractivity contribution in [2.45, 2.75) is 18.9 Å². The third kappa shape index (κ3) is 1.95. The lowest BCUT2D eigenvalue weighted by atomic mass is 10.1. The van der Waals surface area contributed by atoms with Crippen LogP contribution in [0.5, 0.6) is 0 Å². The molecule has 0 N–H and O–H groups in total. The summed E-state index contributed by atoms with van der Waals surface area (Å²) < 4.78 is 1.62. The van der Waals surface area contributed by atoms with E-state index in [9.17, 15) is 4.79 Å². The Morgan fingerprint density at radius 3 is 3.00 bits per heavy atom. The molecule has 0 atom stereocenters. The number of hydrogen-bond donors (Lipinski definition) is 0. The lowest BCUT2D eigenvalue weighted by molar-refractivity contribution is 0.410. The molecule has 1 saturated heterocycles. The summed E-state index contributed by atoms with van der Waals surface area (Å²) in [7, 11) is 0. The van der Waals surface area contributed by atoms with Crippen LogP contribution >= 0.6 is 11.8 Å². The summed E-state index contributed by atoms with van der Waals surface area (Å²) in [6.07, 6.45) is 5.45. The van der Waals surface area contributed by atoms with E-state index in [2.05, 4.69) is 10.1 Å². The molecular formula is C12H13N3OS. The fraction of sp³-hybridized carbons (Fsp3) is 0.417. The molecule has 1 aliphatic heterocycles. The number of aromatic nitrogens is 3. The van der Waals surface area contributed by atoms with Crippen LogP contribution in [-0.2, 0) is 0 Å². The van der Waals surface area contributed by atoms with Gasteiger partial charge in [0.05, 0.1) is 12.2 Å². The van der Waals surface area contributed by atoms with Crippen molar-refractivity contribution >= 4 is 22.7 Å². The van der Waals surface area contributed by atoms with Crippen molar-refractivity contribution in [1.29, 1.82) is 0 Å². The fourth-order valence-corrected chi connectivity index (χ4v) is 3.26. The van der Waals surface area contributed by atoms with Crippen LogP contribution in [0.15, 0.2) is 29.3 Å². The topological polar surface area (TPSA) is 47.8 Å². The lowest BCUT2D eigenvalue weighted by Crippen LogP contribution is -2.29. The minimum Gasteiger partial charge on any atom is -0.265 e. The molecule has 4 nitrogen and oxygen atoms in total. The van der Waals surface area contributed by atoms with Gasteiger partial charge in [-0.05, 0) is 36.5 Å². The number of fused-ring (bicyclic) bond motifs is 1. The number of rotatable bonds is 1. The number of thioether (sulfide) groups is 1. The second kappa shape index (κ2) is 4.49. The summed E-state index contributed by atoms with van der Waals surface area (Å²) in [5.74, 6) is 2.22. The summed E-state index contributed by atoms with van der Waals surface area (Å²) >= 11 is 1.94. The number of nitrogens with zero attached hydrogens (tertiary/aromatic N) is 3. The summed E-state index contributed by atoms with van der Waals surface area (Å²) in [6.45, 7) is 0. The highest BCUT2D eigenvalue weighted by Gasteiger charge is 2.18. The molecule has 3 heterocycles. The van der Waals surface area contributed by atoms with Crippen molar-refractivity contribution in [2.24, 2.45) is 0 Å². The van der Waals surface area contributed by atoms with Gasteiger partial charge in [-0.25, -0.2) is 4.68 Å². The van der Waals surface area contributed by atoms with E-state index in [1.807, 2.05) is 23.9 Å². The standard InChI is InChI=1S/C12H13N3OS/c16-12-11-9(2-1-5-13-11)8-14-15(12)10-3-6-17-7-4-10/h1-2,5,8,10H,3-4,6-7H2. The summed E-state index contributed by atoms with van der Waals surface area (Å²) in [4.78, 5) is 16.4. The van der Waals surface area contributed by atoms with Gasteiger partial charge in [0.2, 0.25) is 0 Å². The monoisotopic (exact) mass is 247 g/mol. The highest BCUT2D eigenvalue weighted by atomic mass is 32.2. The van der Waals surface area contributed by atoms with Crippen molar-refractivity contribution in [3.63, 3.8) is 0 Å². The van der Waals surface area contributed by atoms with Crippen LogP contribution in [0.25, 0.3) is 10.9 Å². The Balaban J connectivity index is 2.11. The van der Waals surface area contributed by atoms with Crippen LogP contribution in [0, 0.1) is 0 Å². The SMILES string of the molecule is O=c1c2ncccc2cnn1C1CCSCC1. The highest BCUT2D eigenvalue weighted by Crippen LogP contribution is 2.25. The maximum atomic E-state index is 12.3. The Labute approximate surface area is 103 Å². The van der Waals surface area contributed by atoms with Gasteiger partial charge < -0.3 is 0 Å². The van der Waals surface area contributed by atoms with Gasteiger partial charge in [0.25, 0.3) is 5.56 Å². The first-order valence-corrected chi connectivity index (χ1v) is 6.92. The fourth-order valence-electron chi connectivity index (χ4n) is 2.18. The van der Waals surface area contributed by atoms with Gasteiger partial charge in [-0.2, -0.15) is 16.9 Å². The molecular weight excluding hydrogens is 234 g/mol. The predicted octanol–water partition coefficient (Wildman–Crippen LogP) is 1.86. The van der Waals surface area contributed by atoms with Gasteiger partial charge in [-0.3, -0.25) is 9.78 Å².